The second kappa shape index (κ2) is 4.14. The Morgan fingerprint density at radius 1 is 1.12 bits per heavy atom. The molecular weight excluding hydrogens is 198 g/mol. The van der Waals surface area contributed by atoms with E-state index in [1.165, 1.54) is 6.42 Å². The predicted molar refractivity (Wildman–Crippen MR) is 66.0 cm³/mol. The van der Waals surface area contributed by atoms with Gasteiger partial charge in [0.25, 0.3) is 0 Å². The van der Waals surface area contributed by atoms with Crippen LogP contribution in [0.1, 0.15) is 52.9 Å². The number of hydrogen-bond donors (Lipinski definition) is 1. The van der Waals surface area contributed by atoms with E-state index in [2.05, 4.69) is 13.8 Å². The van der Waals surface area contributed by atoms with Crippen molar-refractivity contribution in [3.63, 3.8) is 0 Å². The topological polar surface area (TPSA) is 43.1 Å². The molecule has 3 atom stereocenters. The summed E-state index contributed by atoms with van der Waals surface area (Å²) < 4.78 is 0. The van der Waals surface area contributed by atoms with Crippen LogP contribution >= 0.6 is 0 Å². The predicted octanol–water partition coefficient (Wildman–Crippen LogP) is 2.76. The molecule has 2 aliphatic rings. The van der Waals surface area contributed by atoms with Gasteiger partial charge >= 0.3 is 0 Å². The van der Waals surface area contributed by atoms with E-state index in [-0.39, 0.29) is 5.92 Å². The lowest BCUT2D eigenvalue weighted by atomic mass is 9.71. The third-order valence-electron chi connectivity index (χ3n) is 4.51. The minimum Gasteiger partial charge on any atom is -0.319 e. The highest BCUT2D eigenvalue weighted by Crippen LogP contribution is 2.42. The molecule has 2 heteroatoms. The van der Waals surface area contributed by atoms with Crippen LogP contribution in [0, 0.1) is 23.7 Å². The summed E-state index contributed by atoms with van der Waals surface area (Å²) in [5.74, 6) is 2.41. The Bertz CT molecular complexity index is 270. The van der Waals surface area contributed by atoms with E-state index >= 15 is 0 Å². The van der Waals surface area contributed by atoms with Crippen molar-refractivity contribution in [3.05, 3.63) is 0 Å². The van der Waals surface area contributed by atoms with Crippen LogP contribution in [-0.4, -0.2) is 11.3 Å². The number of hydrogen-bond acceptors (Lipinski definition) is 2. The Hall–Kier alpha value is -0.370. The van der Waals surface area contributed by atoms with Crippen molar-refractivity contribution in [2.75, 3.05) is 0 Å². The minimum absolute atomic E-state index is 0.231. The minimum atomic E-state index is -0.540. The van der Waals surface area contributed by atoms with Gasteiger partial charge in [-0.05, 0) is 56.8 Å². The Morgan fingerprint density at radius 3 is 2.06 bits per heavy atom. The van der Waals surface area contributed by atoms with E-state index in [0.717, 1.165) is 25.7 Å². The Kier molecular flexibility index (Phi) is 3.13. The van der Waals surface area contributed by atoms with Crippen LogP contribution in [0.15, 0.2) is 0 Å². The van der Waals surface area contributed by atoms with Crippen LogP contribution in [0.4, 0.5) is 0 Å². The quantitative estimate of drug-likeness (QED) is 0.799. The second-order valence-electron chi connectivity index (χ2n) is 6.54. The fourth-order valence-corrected chi connectivity index (χ4v) is 3.49. The van der Waals surface area contributed by atoms with Gasteiger partial charge in [0.05, 0.1) is 5.54 Å². The van der Waals surface area contributed by atoms with E-state index in [9.17, 15) is 4.79 Å². The molecule has 3 unspecified atom stereocenters. The third kappa shape index (κ3) is 2.32. The molecule has 0 aromatic rings. The molecule has 0 radical (unpaired) electrons. The van der Waals surface area contributed by atoms with Crippen LogP contribution in [0.3, 0.4) is 0 Å². The molecule has 0 spiro atoms. The monoisotopic (exact) mass is 223 g/mol. The molecule has 2 aliphatic carbocycles. The zero-order valence-electron chi connectivity index (χ0n) is 10.8. The number of rotatable bonds is 3. The Labute approximate surface area is 99.0 Å². The average molecular weight is 223 g/mol. The Morgan fingerprint density at radius 2 is 1.62 bits per heavy atom. The lowest BCUT2D eigenvalue weighted by Gasteiger charge is -2.35. The lowest BCUT2D eigenvalue weighted by molar-refractivity contribution is -0.130. The maximum Gasteiger partial charge on any atom is 0.155 e. The maximum absolute atomic E-state index is 12.5. The summed E-state index contributed by atoms with van der Waals surface area (Å²) in [6.07, 6.45) is 5.69. The first-order valence-electron chi connectivity index (χ1n) is 6.74. The lowest BCUT2D eigenvalue weighted by Crippen LogP contribution is -2.51. The molecule has 0 bridgehead atoms. The summed E-state index contributed by atoms with van der Waals surface area (Å²) in [5, 5.41) is 0. The molecule has 2 rings (SSSR count). The van der Waals surface area contributed by atoms with E-state index in [1.54, 1.807) is 0 Å². The summed E-state index contributed by atoms with van der Waals surface area (Å²) in [4.78, 5) is 12.5. The molecule has 0 aromatic carbocycles. The van der Waals surface area contributed by atoms with Crippen LogP contribution in [0.25, 0.3) is 0 Å². The van der Waals surface area contributed by atoms with E-state index in [1.807, 2.05) is 6.92 Å². The number of carbonyl (C=O) groups excluding carboxylic acids is 1. The van der Waals surface area contributed by atoms with Crippen molar-refractivity contribution in [1.82, 2.24) is 0 Å². The summed E-state index contributed by atoms with van der Waals surface area (Å²) >= 11 is 0. The standard InChI is InChI=1S/C14H25NO/c1-9-6-10(2)8-11(7-9)13(16)14(3,15)12-4-5-12/h9-12H,4-8,15H2,1-3H3. The largest absolute Gasteiger partial charge is 0.319 e. The van der Waals surface area contributed by atoms with Crippen LogP contribution < -0.4 is 5.73 Å². The van der Waals surface area contributed by atoms with Crippen molar-refractivity contribution in [1.29, 1.82) is 0 Å². The fourth-order valence-electron chi connectivity index (χ4n) is 3.49. The molecule has 0 saturated heterocycles. The van der Waals surface area contributed by atoms with Gasteiger partial charge in [0.15, 0.2) is 5.78 Å². The Balaban J connectivity index is 2.03. The van der Waals surface area contributed by atoms with Crippen LogP contribution in [-0.2, 0) is 4.79 Å². The molecule has 92 valence electrons. The zero-order valence-corrected chi connectivity index (χ0v) is 10.8. The number of Topliss-reactive ketones (excluding diaryl/α,β-unsaturated/α-hetero) is 1. The molecule has 0 amide bonds. The maximum atomic E-state index is 12.5. The van der Waals surface area contributed by atoms with Gasteiger partial charge < -0.3 is 5.73 Å². The zero-order chi connectivity index (χ0) is 11.9. The van der Waals surface area contributed by atoms with Gasteiger partial charge in [-0.15, -0.1) is 0 Å². The van der Waals surface area contributed by atoms with Gasteiger partial charge in [-0.25, -0.2) is 0 Å². The molecular formula is C14H25NO. The highest BCUT2D eigenvalue weighted by Gasteiger charge is 2.47. The molecule has 16 heavy (non-hydrogen) atoms. The second-order valence-corrected chi connectivity index (χ2v) is 6.54. The van der Waals surface area contributed by atoms with E-state index < -0.39 is 5.54 Å². The number of nitrogens with two attached hydrogens (primary N) is 1. The average Bonchev–Trinajstić information content (AvgIpc) is 2.97. The van der Waals surface area contributed by atoms with Crippen molar-refractivity contribution < 1.29 is 4.79 Å². The molecule has 2 saturated carbocycles. The first-order valence-corrected chi connectivity index (χ1v) is 6.74. The highest BCUT2D eigenvalue weighted by atomic mass is 16.1. The SMILES string of the molecule is CC1CC(C)CC(C(=O)C(C)(N)C2CC2)C1. The molecule has 2 nitrogen and oxygen atoms in total. The van der Waals surface area contributed by atoms with Gasteiger partial charge in [-0.2, -0.15) is 0 Å². The number of ketones is 1. The number of carbonyl (C=O) groups is 1. The van der Waals surface area contributed by atoms with Gasteiger partial charge in [0.2, 0.25) is 0 Å². The van der Waals surface area contributed by atoms with E-state index in [4.69, 9.17) is 5.73 Å². The van der Waals surface area contributed by atoms with Crippen molar-refractivity contribution in [3.8, 4) is 0 Å². The van der Waals surface area contributed by atoms with Gasteiger partial charge in [0, 0.05) is 5.92 Å². The molecule has 0 aromatic heterocycles. The molecule has 2 N–H and O–H groups in total. The molecule has 2 fully saturated rings. The summed E-state index contributed by atoms with van der Waals surface area (Å²) in [7, 11) is 0. The molecule has 0 heterocycles. The summed E-state index contributed by atoms with van der Waals surface area (Å²) in [5.41, 5.74) is 5.70. The first-order chi connectivity index (χ1) is 7.41. The van der Waals surface area contributed by atoms with Crippen molar-refractivity contribution >= 4 is 5.78 Å². The third-order valence-corrected chi connectivity index (χ3v) is 4.51. The van der Waals surface area contributed by atoms with Crippen molar-refractivity contribution in [2.24, 2.45) is 29.4 Å². The fraction of sp³-hybridized carbons (Fsp3) is 0.929. The summed E-state index contributed by atoms with van der Waals surface area (Å²) in [6, 6.07) is 0. The van der Waals surface area contributed by atoms with Gasteiger partial charge in [-0.1, -0.05) is 13.8 Å². The summed E-state index contributed by atoms with van der Waals surface area (Å²) in [6.45, 7) is 6.48. The van der Waals surface area contributed by atoms with Crippen LogP contribution in [0.2, 0.25) is 0 Å². The van der Waals surface area contributed by atoms with E-state index in [0.29, 0.717) is 23.5 Å². The normalized spacial score (nSPS) is 39.1. The molecule has 0 aliphatic heterocycles. The highest BCUT2D eigenvalue weighted by molar-refractivity contribution is 5.90. The first kappa shape index (κ1) is 12.1. The van der Waals surface area contributed by atoms with Crippen LogP contribution in [0.5, 0.6) is 0 Å². The van der Waals surface area contributed by atoms with Gasteiger partial charge in [-0.3, -0.25) is 4.79 Å². The van der Waals surface area contributed by atoms with Crippen molar-refractivity contribution in [2.45, 2.75) is 58.4 Å². The van der Waals surface area contributed by atoms with Gasteiger partial charge in [0.1, 0.15) is 0 Å². The smallest absolute Gasteiger partial charge is 0.155 e.